The Hall–Kier alpha value is -1.89. The van der Waals surface area contributed by atoms with Crippen molar-refractivity contribution < 1.29 is 19.1 Å². The summed E-state index contributed by atoms with van der Waals surface area (Å²) in [6, 6.07) is 12.2. The second-order valence-electron chi connectivity index (χ2n) is 5.11. The first-order valence-corrected chi connectivity index (χ1v) is 9.20. The van der Waals surface area contributed by atoms with Crippen LogP contribution in [0.25, 0.3) is 10.1 Å². The van der Waals surface area contributed by atoms with Gasteiger partial charge in [0.1, 0.15) is 10.6 Å². The van der Waals surface area contributed by atoms with Crippen molar-refractivity contribution in [3.05, 3.63) is 62.4 Å². The molecule has 0 aliphatic carbocycles. The molecule has 0 aliphatic rings. The summed E-state index contributed by atoms with van der Waals surface area (Å²) in [5.41, 5.74) is 0.475. The van der Waals surface area contributed by atoms with Gasteiger partial charge in [0.25, 0.3) is 0 Å². The fraction of sp³-hybridized carbons (Fsp3) is 0.111. The zero-order valence-electron chi connectivity index (χ0n) is 13.0. The number of benzene rings is 2. The quantitative estimate of drug-likeness (QED) is 0.396. The van der Waals surface area contributed by atoms with Crippen molar-refractivity contribution in [3.63, 3.8) is 0 Å². The maximum Gasteiger partial charge on any atom is 0.350 e. The second-order valence-corrected chi connectivity index (χ2v) is 7.46. The Labute approximate surface area is 161 Å². The first kappa shape index (κ1) is 17.9. The number of hydrogen-bond donors (Lipinski definition) is 0. The van der Waals surface area contributed by atoms with E-state index >= 15 is 0 Å². The van der Waals surface area contributed by atoms with E-state index in [4.69, 9.17) is 21.1 Å². The molecule has 0 amide bonds. The SMILES string of the molecule is COc1ccc2c(Cl)c(C(=O)OCC(=O)c3ccc(Br)cc3)sc2c1. The van der Waals surface area contributed by atoms with Crippen molar-refractivity contribution in [2.45, 2.75) is 0 Å². The van der Waals surface area contributed by atoms with Gasteiger partial charge in [0, 0.05) is 20.1 Å². The van der Waals surface area contributed by atoms with Crippen LogP contribution in [0.15, 0.2) is 46.9 Å². The number of halogens is 2. The summed E-state index contributed by atoms with van der Waals surface area (Å²) in [4.78, 5) is 24.7. The first-order chi connectivity index (χ1) is 12.0. The van der Waals surface area contributed by atoms with Gasteiger partial charge < -0.3 is 9.47 Å². The lowest BCUT2D eigenvalue weighted by Gasteiger charge is -2.03. The summed E-state index contributed by atoms with van der Waals surface area (Å²) in [7, 11) is 1.57. The van der Waals surface area contributed by atoms with Crippen molar-refractivity contribution in [3.8, 4) is 5.75 Å². The van der Waals surface area contributed by atoms with Crippen LogP contribution in [0.5, 0.6) is 5.75 Å². The van der Waals surface area contributed by atoms with Crippen LogP contribution in [-0.2, 0) is 4.74 Å². The van der Waals surface area contributed by atoms with Crippen LogP contribution in [0.2, 0.25) is 5.02 Å². The molecule has 0 saturated heterocycles. The van der Waals surface area contributed by atoms with Crippen LogP contribution in [-0.4, -0.2) is 25.5 Å². The first-order valence-electron chi connectivity index (χ1n) is 7.21. The summed E-state index contributed by atoms with van der Waals surface area (Å²) in [6.45, 7) is -0.339. The monoisotopic (exact) mass is 438 g/mol. The van der Waals surface area contributed by atoms with Gasteiger partial charge in [-0.1, -0.05) is 39.7 Å². The molecule has 25 heavy (non-hydrogen) atoms. The third-order valence-electron chi connectivity index (χ3n) is 3.52. The van der Waals surface area contributed by atoms with Gasteiger partial charge >= 0.3 is 5.97 Å². The third kappa shape index (κ3) is 3.86. The predicted molar refractivity (Wildman–Crippen MR) is 102 cm³/mol. The molecule has 0 N–H and O–H groups in total. The maximum atomic E-state index is 12.3. The number of thiophene rings is 1. The molecule has 4 nitrogen and oxygen atoms in total. The molecule has 7 heteroatoms. The molecule has 128 valence electrons. The largest absolute Gasteiger partial charge is 0.497 e. The van der Waals surface area contributed by atoms with E-state index in [9.17, 15) is 9.59 Å². The van der Waals surface area contributed by atoms with Gasteiger partial charge in [0.15, 0.2) is 12.4 Å². The van der Waals surface area contributed by atoms with E-state index in [1.165, 1.54) is 11.3 Å². The Morgan fingerprint density at radius 3 is 2.56 bits per heavy atom. The summed E-state index contributed by atoms with van der Waals surface area (Å²) in [5, 5.41) is 1.07. The number of carbonyl (C=O) groups excluding carboxylic acids is 2. The highest BCUT2D eigenvalue weighted by molar-refractivity contribution is 9.10. The lowest BCUT2D eigenvalue weighted by Crippen LogP contribution is -2.13. The molecule has 0 spiro atoms. The van der Waals surface area contributed by atoms with Gasteiger partial charge in [-0.25, -0.2) is 4.79 Å². The number of esters is 1. The highest BCUT2D eigenvalue weighted by Crippen LogP contribution is 2.37. The average molecular weight is 440 g/mol. The molecule has 0 saturated carbocycles. The molecular formula is C18H12BrClO4S. The minimum absolute atomic E-state index is 0.272. The number of carbonyl (C=O) groups is 2. The molecule has 0 atom stereocenters. The molecule has 0 aliphatic heterocycles. The fourth-order valence-electron chi connectivity index (χ4n) is 2.22. The number of fused-ring (bicyclic) bond motifs is 1. The number of hydrogen-bond acceptors (Lipinski definition) is 5. The Morgan fingerprint density at radius 2 is 1.88 bits per heavy atom. The molecule has 2 aromatic carbocycles. The van der Waals surface area contributed by atoms with Gasteiger partial charge in [-0.3, -0.25) is 4.79 Å². The van der Waals surface area contributed by atoms with Crippen molar-refractivity contribution in [2.24, 2.45) is 0 Å². The van der Waals surface area contributed by atoms with Crippen LogP contribution >= 0.6 is 38.9 Å². The van der Waals surface area contributed by atoms with Gasteiger partial charge in [0.05, 0.1) is 12.1 Å². The molecule has 3 aromatic rings. The molecule has 0 unspecified atom stereocenters. The topological polar surface area (TPSA) is 52.6 Å². The molecule has 0 fully saturated rings. The van der Waals surface area contributed by atoms with E-state index in [-0.39, 0.29) is 17.3 Å². The molecular weight excluding hydrogens is 428 g/mol. The Kier molecular flexibility index (Phi) is 5.42. The summed E-state index contributed by atoms with van der Waals surface area (Å²) >= 11 is 10.8. The van der Waals surface area contributed by atoms with Gasteiger partial charge in [-0.05, 0) is 30.3 Å². The number of ketones is 1. The number of methoxy groups -OCH3 is 1. The Morgan fingerprint density at radius 1 is 1.16 bits per heavy atom. The van der Waals surface area contributed by atoms with Crippen LogP contribution in [0.3, 0.4) is 0 Å². The molecule has 0 radical (unpaired) electrons. The highest BCUT2D eigenvalue weighted by atomic mass is 79.9. The highest BCUT2D eigenvalue weighted by Gasteiger charge is 2.20. The van der Waals surface area contributed by atoms with Gasteiger partial charge in [-0.15, -0.1) is 11.3 Å². The Bertz CT molecular complexity index is 950. The van der Waals surface area contributed by atoms with E-state index in [2.05, 4.69) is 15.9 Å². The van der Waals surface area contributed by atoms with Crippen molar-refractivity contribution in [1.82, 2.24) is 0 Å². The molecule has 0 bridgehead atoms. The zero-order chi connectivity index (χ0) is 18.0. The van der Waals surface area contributed by atoms with E-state index in [0.717, 1.165) is 14.6 Å². The smallest absolute Gasteiger partial charge is 0.350 e. The van der Waals surface area contributed by atoms with E-state index in [0.29, 0.717) is 16.3 Å². The average Bonchev–Trinajstić information content (AvgIpc) is 2.96. The maximum absolute atomic E-state index is 12.3. The number of rotatable bonds is 5. The second kappa shape index (κ2) is 7.56. The lowest BCUT2D eigenvalue weighted by molar-refractivity contribution is 0.0480. The predicted octanol–water partition coefficient (Wildman–Crippen LogP) is 5.37. The van der Waals surface area contributed by atoms with E-state index in [1.54, 1.807) is 49.6 Å². The normalized spacial score (nSPS) is 10.7. The fourth-order valence-corrected chi connectivity index (χ4v) is 3.91. The summed E-state index contributed by atoms with van der Waals surface area (Å²) in [5.74, 6) is -0.217. The zero-order valence-corrected chi connectivity index (χ0v) is 16.2. The lowest BCUT2D eigenvalue weighted by atomic mass is 10.1. The van der Waals surface area contributed by atoms with Crippen LogP contribution in [0.4, 0.5) is 0 Å². The Balaban J connectivity index is 1.74. The van der Waals surface area contributed by atoms with Gasteiger partial charge in [0.2, 0.25) is 0 Å². The van der Waals surface area contributed by atoms with Crippen LogP contribution < -0.4 is 4.74 Å². The summed E-state index contributed by atoms with van der Waals surface area (Å²) < 4.78 is 12.0. The molecule has 3 rings (SSSR count). The van der Waals surface area contributed by atoms with Crippen molar-refractivity contribution >= 4 is 60.7 Å². The van der Waals surface area contributed by atoms with E-state index in [1.807, 2.05) is 0 Å². The van der Waals surface area contributed by atoms with Gasteiger partial charge in [-0.2, -0.15) is 0 Å². The van der Waals surface area contributed by atoms with Crippen LogP contribution in [0, 0.1) is 0 Å². The minimum Gasteiger partial charge on any atom is -0.497 e. The molecule has 1 aromatic heterocycles. The van der Waals surface area contributed by atoms with Crippen molar-refractivity contribution in [2.75, 3.05) is 13.7 Å². The third-order valence-corrected chi connectivity index (χ3v) is 5.69. The molecule has 1 heterocycles. The summed E-state index contributed by atoms with van der Waals surface area (Å²) in [6.07, 6.45) is 0. The van der Waals surface area contributed by atoms with Crippen LogP contribution in [0.1, 0.15) is 20.0 Å². The standard InChI is InChI=1S/C18H12BrClO4S/c1-23-12-6-7-13-15(8-12)25-17(16(13)20)18(22)24-9-14(21)10-2-4-11(19)5-3-10/h2-8H,9H2,1H3. The minimum atomic E-state index is -0.615. The van der Waals surface area contributed by atoms with Crippen molar-refractivity contribution in [1.29, 1.82) is 0 Å². The number of ether oxygens (including phenoxy) is 2. The van der Waals surface area contributed by atoms with E-state index < -0.39 is 5.97 Å². The number of Topliss-reactive ketones (excluding diaryl/α,β-unsaturated/α-hetero) is 1.